The maximum absolute atomic E-state index is 10.6. The summed E-state index contributed by atoms with van der Waals surface area (Å²) < 4.78 is 0. The Balaban J connectivity index is 0.000000317. The Morgan fingerprint density at radius 2 is 2.06 bits per heavy atom. The highest BCUT2D eigenvalue weighted by atomic mass is 16.4. The van der Waals surface area contributed by atoms with Gasteiger partial charge in [0.15, 0.2) is 0 Å². The van der Waals surface area contributed by atoms with Gasteiger partial charge in [0, 0.05) is 11.6 Å². The van der Waals surface area contributed by atoms with E-state index in [0.717, 1.165) is 10.9 Å². The van der Waals surface area contributed by atoms with Crippen molar-refractivity contribution in [3.8, 4) is 0 Å². The van der Waals surface area contributed by atoms with Crippen LogP contribution in [0.2, 0.25) is 0 Å². The summed E-state index contributed by atoms with van der Waals surface area (Å²) in [5.41, 5.74) is 2.78. The van der Waals surface area contributed by atoms with E-state index in [2.05, 4.69) is 10.8 Å². The van der Waals surface area contributed by atoms with Crippen LogP contribution in [0.3, 0.4) is 0 Å². The second kappa shape index (κ2) is 6.19. The molecule has 4 N–H and O–H groups in total. The minimum atomic E-state index is -0.946. The molecule has 0 aliphatic carbocycles. The number of amides is 1. The minimum Gasteiger partial charge on any atom is -0.478 e. The molecular weight excluding hydrogens is 222 g/mol. The number of hydrogen-bond donors (Lipinski definition) is 3. The summed E-state index contributed by atoms with van der Waals surface area (Å²) in [6, 6.07) is 9.03. The summed E-state index contributed by atoms with van der Waals surface area (Å²) in [4.78, 5) is 23.6. The average molecular weight is 233 g/mol. The molecule has 17 heavy (non-hydrogen) atoms. The zero-order valence-electron chi connectivity index (χ0n) is 8.83. The fraction of sp³-hybridized carbons (Fsp3) is 0. The average Bonchev–Trinajstić information content (AvgIpc) is 2.38. The number of pyridine rings is 1. The van der Waals surface area contributed by atoms with E-state index in [1.807, 2.05) is 24.3 Å². The highest BCUT2D eigenvalue weighted by Crippen LogP contribution is 2.12. The Morgan fingerprint density at radius 1 is 1.41 bits per heavy atom. The number of aromatic carboxylic acids is 1. The molecule has 1 aromatic carbocycles. The second-order valence-electron chi connectivity index (χ2n) is 3.01. The molecule has 0 bridgehead atoms. The molecule has 0 saturated carbocycles. The predicted molar refractivity (Wildman–Crippen MR) is 62.1 cm³/mol. The number of benzene rings is 1. The third kappa shape index (κ3) is 3.54. The van der Waals surface area contributed by atoms with Gasteiger partial charge < -0.3 is 5.11 Å². The largest absolute Gasteiger partial charge is 0.478 e. The maximum Gasteiger partial charge on any atom is 0.337 e. The van der Waals surface area contributed by atoms with Gasteiger partial charge in [0.1, 0.15) is 0 Å². The fourth-order valence-corrected chi connectivity index (χ4v) is 1.19. The number of carbonyl (C=O) groups is 2. The number of carboxylic acid groups (broad SMARTS) is 1. The number of carboxylic acids is 1. The smallest absolute Gasteiger partial charge is 0.337 e. The first-order valence-electron chi connectivity index (χ1n) is 4.67. The lowest BCUT2D eigenvalue weighted by Crippen LogP contribution is -2.18. The van der Waals surface area contributed by atoms with Crippen LogP contribution in [0, 0.1) is 0 Å². The number of rotatable bonds is 2. The van der Waals surface area contributed by atoms with E-state index in [1.165, 1.54) is 6.20 Å². The number of nitrogens with one attached hydrogen (secondary N) is 1. The van der Waals surface area contributed by atoms with Crippen LogP contribution >= 0.6 is 0 Å². The quantitative estimate of drug-likeness (QED) is 0.304. The van der Waals surface area contributed by atoms with Crippen molar-refractivity contribution in [2.24, 2.45) is 5.84 Å². The zero-order chi connectivity index (χ0) is 12.7. The number of aromatic nitrogens is 1. The van der Waals surface area contributed by atoms with E-state index in [9.17, 15) is 4.79 Å². The predicted octanol–water partition coefficient (Wildman–Crippen LogP) is 0.539. The molecule has 6 nitrogen and oxygen atoms in total. The van der Waals surface area contributed by atoms with E-state index in [0.29, 0.717) is 6.41 Å². The highest BCUT2D eigenvalue weighted by molar-refractivity contribution is 5.92. The van der Waals surface area contributed by atoms with E-state index >= 15 is 0 Å². The van der Waals surface area contributed by atoms with Crippen LogP contribution in [0.15, 0.2) is 36.5 Å². The van der Waals surface area contributed by atoms with Gasteiger partial charge in [0.25, 0.3) is 0 Å². The Kier molecular flexibility index (Phi) is 4.58. The summed E-state index contributed by atoms with van der Waals surface area (Å²) in [5, 5.41) is 9.55. The number of carbonyl (C=O) groups excluding carboxylic acids is 1. The summed E-state index contributed by atoms with van der Waals surface area (Å²) in [7, 11) is 0. The number of fused-ring (bicyclic) bond motifs is 1. The van der Waals surface area contributed by atoms with E-state index in [-0.39, 0.29) is 5.56 Å². The Hall–Kier alpha value is -2.47. The minimum absolute atomic E-state index is 0.221. The first kappa shape index (κ1) is 12.6. The maximum atomic E-state index is 10.6. The molecule has 6 heteroatoms. The van der Waals surface area contributed by atoms with Gasteiger partial charge >= 0.3 is 5.97 Å². The Bertz CT molecular complexity index is 528. The van der Waals surface area contributed by atoms with Crippen LogP contribution in [-0.2, 0) is 4.79 Å². The lowest BCUT2D eigenvalue weighted by atomic mass is 10.2. The van der Waals surface area contributed by atoms with Gasteiger partial charge in [-0.2, -0.15) is 0 Å². The molecule has 0 radical (unpaired) electrons. The third-order valence-electron chi connectivity index (χ3n) is 1.91. The lowest BCUT2D eigenvalue weighted by molar-refractivity contribution is -0.109. The number of nitrogens with two attached hydrogens (primary N) is 1. The molecule has 88 valence electrons. The van der Waals surface area contributed by atoms with Crippen LogP contribution < -0.4 is 11.3 Å². The number of para-hydroxylation sites is 1. The molecule has 1 heterocycles. The lowest BCUT2D eigenvalue weighted by Gasteiger charge is -1.97. The Labute approximate surface area is 97.0 Å². The number of nitrogens with zero attached hydrogens (tertiary/aromatic N) is 1. The molecule has 1 amide bonds. The van der Waals surface area contributed by atoms with Gasteiger partial charge in [-0.3, -0.25) is 15.2 Å². The molecule has 1 aromatic heterocycles. The van der Waals surface area contributed by atoms with Crippen molar-refractivity contribution in [3.05, 3.63) is 42.1 Å². The van der Waals surface area contributed by atoms with Crippen molar-refractivity contribution < 1.29 is 14.7 Å². The van der Waals surface area contributed by atoms with Gasteiger partial charge in [-0.05, 0) is 12.1 Å². The molecule has 2 rings (SSSR count). The molecule has 0 fully saturated rings. The second-order valence-corrected chi connectivity index (χ2v) is 3.01. The van der Waals surface area contributed by atoms with Crippen molar-refractivity contribution in [2.75, 3.05) is 0 Å². The van der Waals surface area contributed by atoms with Crippen molar-refractivity contribution in [1.82, 2.24) is 10.4 Å². The molecule has 0 aliphatic rings. The van der Waals surface area contributed by atoms with E-state index in [4.69, 9.17) is 9.90 Å². The van der Waals surface area contributed by atoms with Crippen molar-refractivity contribution in [2.45, 2.75) is 0 Å². The molecule has 0 atom stereocenters. The standard InChI is InChI=1S/C10H7NO2.CH4N2O/c12-10(13)8-5-7-3-1-2-4-9(7)11-6-8;2-3-1-4/h1-6H,(H,12,13);1H,2H2,(H,3,4). The van der Waals surface area contributed by atoms with Crippen molar-refractivity contribution in [1.29, 1.82) is 0 Å². The SMILES string of the molecule is NNC=O.O=C(O)c1cnc2ccccc2c1. The van der Waals surface area contributed by atoms with Gasteiger partial charge in [-0.15, -0.1) is 0 Å². The van der Waals surface area contributed by atoms with Gasteiger partial charge in [0.2, 0.25) is 6.41 Å². The fourth-order valence-electron chi connectivity index (χ4n) is 1.19. The highest BCUT2D eigenvalue weighted by Gasteiger charge is 2.03. The van der Waals surface area contributed by atoms with Crippen LogP contribution in [0.1, 0.15) is 10.4 Å². The number of hydrazine groups is 1. The van der Waals surface area contributed by atoms with Crippen molar-refractivity contribution in [3.63, 3.8) is 0 Å². The zero-order valence-corrected chi connectivity index (χ0v) is 8.83. The summed E-state index contributed by atoms with van der Waals surface area (Å²) >= 11 is 0. The normalized spacial score (nSPS) is 9.00. The van der Waals surface area contributed by atoms with Crippen molar-refractivity contribution >= 4 is 23.3 Å². The van der Waals surface area contributed by atoms with E-state index in [1.54, 1.807) is 11.5 Å². The summed E-state index contributed by atoms with van der Waals surface area (Å²) in [5.74, 6) is 3.46. The molecule has 0 aliphatic heterocycles. The molecule has 0 unspecified atom stereocenters. The van der Waals surface area contributed by atoms with Gasteiger partial charge in [0.05, 0.1) is 11.1 Å². The molecule has 0 spiro atoms. The monoisotopic (exact) mass is 233 g/mol. The Morgan fingerprint density at radius 3 is 2.65 bits per heavy atom. The molecule has 2 aromatic rings. The molecular formula is C11H11N3O3. The van der Waals surface area contributed by atoms with Crippen LogP contribution in [-0.4, -0.2) is 22.5 Å². The van der Waals surface area contributed by atoms with Gasteiger partial charge in [-0.1, -0.05) is 18.2 Å². The topological polar surface area (TPSA) is 105 Å². The molecule has 0 saturated heterocycles. The van der Waals surface area contributed by atoms with E-state index < -0.39 is 5.97 Å². The summed E-state index contributed by atoms with van der Waals surface area (Å²) in [6.45, 7) is 0. The van der Waals surface area contributed by atoms with Crippen LogP contribution in [0.5, 0.6) is 0 Å². The van der Waals surface area contributed by atoms with Gasteiger partial charge in [-0.25, -0.2) is 10.6 Å². The van der Waals surface area contributed by atoms with Crippen LogP contribution in [0.4, 0.5) is 0 Å². The first-order valence-corrected chi connectivity index (χ1v) is 4.67. The summed E-state index contributed by atoms with van der Waals surface area (Å²) in [6.07, 6.45) is 1.77. The van der Waals surface area contributed by atoms with Crippen LogP contribution in [0.25, 0.3) is 10.9 Å². The third-order valence-corrected chi connectivity index (χ3v) is 1.91. The first-order chi connectivity index (χ1) is 8.19. The number of hydrogen-bond acceptors (Lipinski definition) is 4.